The van der Waals surface area contributed by atoms with Crippen molar-refractivity contribution < 1.29 is 43.2 Å². The Bertz CT molecular complexity index is 1150. The summed E-state index contributed by atoms with van der Waals surface area (Å²) in [5.74, 6) is -4.55. The van der Waals surface area contributed by atoms with Crippen LogP contribution in [0.15, 0.2) is 42.6 Å². The molecule has 0 saturated carbocycles. The third-order valence-corrected chi connectivity index (χ3v) is 5.91. The molecule has 1 aromatic carbocycles. The number of carbonyl (C=O) groups excluding carboxylic acids is 4. The van der Waals surface area contributed by atoms with Gasteiger partial charge in [-0.15, -0.1) is 0 Å². The number of amides is 1. The number of carbonyl (C=O) groups is 4. The second kappa shape index (κ2) is 12.9. The zero-order valence-corrected chi connectivity index (χ0v) is 21.7. The van der Waals surface area contributed by atoms with E-state index >= 15 is 0 Å². The van der Waals surface area contributed by atoms with Gasteiger partial charge in [0.15, 0.2) is 29.3 Å². The van der Waals surface area contributed by atoms with E-state index in [1.807, 2.05) is 44.2 Å². The minimum Gasteiger partial charge on any atom is -0.503 e. The van der Waals surface area contributed by atoms with Gasteiger partial charge in [0.2, 0.25) is 0 Å². The van der Waals surface area contributed by atoms with E-state index in [1.54, 1.807) is 0 Å². The highest BCUT2D eigenvalue weighted by atomic mass is 16.6. The summed E-state index contributed by atoms with van der Waals surface area (Å²) in [5.41, 5.74) is 0.403. The topological polar surface area (TPSA) is 150 Å². The molecule has 1 amide bonds. The van der Waals surface area contributed by atoms with E-state index in [-0.39, 0.29) is 30.2 Å². The molecule has 11 heteroatoms. The highest BCUT2D eigenvalue weighted by Gasteiger charge is 2.42. The second-order valence-electron chi connectivity index (χ2n) is 9.36. The van der Waals surface area contributed by atoms with Gasteiger partial charge in [-0.05, 0) is 24.8 Å². The average Bonchev–Trinajstić information content (AvgIpc) is 2.91. The lowest BCUT2D eigenvalue weighted by Crippen LogP contribution is -2.46. The third kappa shape index (κ3) is 7.21. The fraction of sp³-hybridized carbons (Fsp3) is 0.444. The fourth-order valence-corrected chi connectivity index (χ4v) is 4.01. The van der Waals surface area contributed by atoms with Crippen LogP contribution >= 0.6 is 0 Å². The van der Waals surface area contributed by atoms with Crippen LogP contribution in [0, 0.1) is 11.8 Å². The fourth-order valence-electron chi connectivity index (χ4n) is 4.01. The number of ether oxygens (including phenoxy) is 4. The first-order chi connectivity index (χ1) is 18.1. The van der Waals surface area contributed by atoms with E-state index in [9.17, 15) is 24.3 Å². The van der Waals surface area contributed by atoms with E-state index in [2.05, 4.69) is 10.3 Å². The van der Waals surface area contributed by atoms with E-state index in [0.717, 1.165) is 5.56 Å². The van der Waals surface area contributed by atoms with Crippen LogP contribution in [0.1, 0.15) is 43.2 Å². The summed E-state index contributed by atoms with van der Waals surface area (Å²) in [5, 5.41) is 12.6. The number of nitrogens with one attached hydrogen (secondary N) is 1. The zero-order valence-electron chi connectivity index (χ0n) is 21.7. The van der Waals surface area contributed by atoms with Gasteiger partial charge in [-0.3, -0.25) is 14.4 Å². The van der Waals surface area contributed by atoms with Crippen molar-refractivity contribution in [1.82, 2.24) is 10.3 Å². The molecule has 11 nitrogen and oxygen atoms in total. The summed E-state index contributed by atoms with van der Waals surface area (Å²) in [7, 11) is 1.31. The first-order valence-electron chi connectivity index (χ1n) is 12.2. The number of nitrogens with zero attached hydrogens (tertiary/aromatic N) is 1. The molecule has 0 bridgehead atoms. The lowest BCUT2D eigenvalue weighted by molar-refractivity contribution is -0.174. The van der Waals surface area contributed by atoms with Crippen molar-refractivity contribution in [2.75, 3.05) is 13.7 Å². The molecule has 2 heterocycles. The molecule has 3 rings (SSSR count). The third-order valence-electron chi connectivity index (χ3n) is 5.91. The Labute approximate surface area is 220 Å². The molecular weight excluding hydrogens is 496 g/mol. The molecule has 0 unspecified atom stereocenters. The van der Waals surface area contributed by atoms with Gasteiger partial charge in [-0.2, -0.15) is 0 Å². The van der Waals surface area contributed by atoms with E-state index < -0.39 is 60.3 Å². The summed E-state index contributed by atoms with van der Waals surface area (Å²) in [6.07, 6.45) is -0.640. The SMILES string of the molecule is COc1ccnc(C(=O)N[C@H]2COC(=O)[C@@H](Cc3ccccc3)[C@@H](OC(=O)CC(C)C)[C@H](C)OC2=O)c1O. The van der Waals surface area contributed by atoms with Gasteiger partial charge < -0.3 is 29.4 Å². The van der Waals surface area contributed by atoms with Crippen LogP contribution in [0.5, 0.6) is 11.5 Å². The van der Waals surface area contributed by atoms with Crippen molar-refractivity contribution in [3.8, 4) is 11.5 Å². The Morgan fingerprint density at radius 2 is 1.87 bits per heavy atom. The molecule has 2 aromatic rings. The van der Waals surface area contributed by atoms with E-state index in [0.29, 0.717) is 0 Å². The molecular formula is C27H32N2O9. The van der Waals surface area contributed by atoms with E-state index in [1.165, 1.54) is 26.3 Å². The van der Waals surface area contributed by atoms with Crippen molar-refractivity contribution in [2.45, 2.75) is 51.9 Å². The Morgan fingerprint density at radius 3 is 2.53 bits per heavy atom. The molecule has 0 spiro atoms. The molecule has 0 aliphatic carbocycles. The number of benzene rings is 1. The number of aromatic hydroxyl groups is 1. The minimum atomic E-state index is -1.41. The van der Waals surface area contributed by atoms with Gasteiger partial charge in [0.25, 0.3) is 5.91 Å². The molecule has 204 valence electrons. The Morgan fingerprint density at radius 1 is 1.16 bits per heavy atom. The number of cyclic esters (lactones) is 2. The lowest BCUT2D eigenvalue weighted by atomic mass is 9.91. The molecule has 38 heavy (non-hydrogen) atoms. The highest BCUT2D eigenvalue weighted by molar-refractivity contribution is 5.98. The summed E-state index contributed by atoms with van der Waals surface area (Å²) in [4.78, 5) is 55.5. The predicted octanol–water partition coefficient (Wildman–Crippen LogP) is 2.20. The Kier molecular flexibility index (Phi) is 9.64. The van der Waals surface area contributed by atoms with Gasteiger partial charge >= 0.3 is 17.9 Å². The number of hydrogen-bond donors (Lipinski definition) is 2. The normalized spacial score (nSPS) is 21.8. The predicted molar refractivity (Wildman–Crippen MR) is 133 cm³/mol. The standard InChI is InChI=1S/C27H32N2O9/c1-15(2)12-21(30)38-24-16(3)37-27(34)19(29-25(32)22-23(31)20(35-4)10-11-28-22)14-36-26(33)18(24)13-17-8-6-5-7-9-17/h5-11,15-16,18-19,24,31H,12-14H2,1-4H3,(H,29,32)/t16-,18-,19-,24-/m0/s1. The van der Waals surface area contributed by atoms with Crippen LogP contribution in [-0.2, 0) is 35.0 Å². The molecule has 4 atom stereocenters. The van der Waals surface area contributed by atoms with Gasteiger partial charge in [-0.25, -0.2) is 9.78 Å². The summed E-state index contributed by atoms with van der Waals surface area (Å²) < 4.78 is 21.6. The van der Waals surface area contributed by atoms with Crippen molar-refractivity contribution >= 4 is 23.8 Å². The number of rotatable bonds is 8. The number of pyridine rings is 1. The monoisotopic (exact) mass is 528 g/mol. The van der Waals surface area contributed by atoms with Crippen LogP contribution in [0.2, 0.25) is 0 Å². The first kappa shape index (κ1) is 28.4. The summed E-state index contributed by atoms with van der Waals surface area (Å²) in [6, 6.07) is 9.04. The smallest absolute Gasteiger partial charge is 0.332 e. The van der Waals surface area contributed by atoms with Crippen molar-refractivity contribution in [3.63, 3.8) is 0 Å². The molecule has 2 N–H and O–H groups in total. The Balaban J connectivity index is 1.86. The van der Waals surface area contributed by atoms with Gasteiger partial charge in [-0.1, -0.05) is 44.2 Å². The lowest BCUT2D eigenvalue weighted by Gasteiger charge is -2.29. The maximum atomic E-state index is 13.3. The maximum Gasteiger partial charge on any atom is 0.332 e. The molecule has 1 fully saturated rings. The number of hydrogen-bond acceptors (Lipinski definition) is 10. The first-order valence-corrected chi connectivity index (χ1v) is 12.2. The van der Waals surface area contributed by atoms with E-state index in [4.69, 9.17) is 18.9 Å². The largest absolute Gasteiger partial charge is 0.503 e. The molecule has 1 aliphatic heterocycles. The maximum absolute atomic E-state index is 13.3. The van der Waals surface area contributed by atoms with Crippen LogP contribution in [0.3, 0.4) is 0 Å². The van der Waals surface area contributed by atoms with Crippen LogP contribution in [0.25, 0.3) is 0 Å². The van der Waals surface area contributed by atoms with Gasteiger partial charge in [0.05, 0.1) is 7.11 Å². The Hall–Kier alpha value is -4.15. The average molecular weight is 529 g/mol. The molecule has 1 aromatic heterocycles. The quantitative estimate of drug-likeness (QED) is 0.385. The molecule has 1 aliphatic rings. The van der Waals surface area contributed by atoms with Crippen molar-refractivity contribution in [3.05, 3.63) is 53.9 Å². The minimum absolute atomic E-state index is 0.0112. The molecule has 1 saturated heterocycles. The number of aromatic nitrogens is 1. The van der Waals surface area contributed by atoms with Crippen LogP contribution < -0.4 is 10.1 Å². The number of methoxy groups -OCH3 is 1. The van der Waals surface area contributed by atoms with Gasteiger partial charge in [0, 0.05) is 18.7 Å². The summed E-state index contributed by atoms with van der Waals surface area (Å²) in [6.45, 7) is 4.67. The number of esters is 3. The molecule has 0 radical (unpaired) electrons. The van der Waals surface area contributed by atoms with Crippen molar-refractivity contribution in [1.29, 1.82) is 0 Å². The second-order valence-corrected chi connectivity index (χ2v) is 9.36. The summed E-state index contributed by atoms with van der Waals surface area (Å²) >= 11 is 0. The van der Waals surface area contributed by atoms with Gasteiger partial charge in [0.1, 0.15) is 18.6 Å². The van der Waals surface area contributed by atoms with Crippen LogP contribution in [0.4, 0.5) is 0 Å². The zero-order chi connectivity index (χ0) is 27.8. The van der Waals surface area contributed by atoms with Crippen LogP contribution in [-0.4, -0.2) is 65.9 Å². The van der Waals surface area contributed by atoms with Crippen molar-refractivity contribution in [2.24, 2.45) is 11.8 Å². The highest BCUT2D eigenvalue weighted by Crippen LogP contribution is 2.28.